The maximum absolute atomic E-state index is 12.6. The molecule has 3 rings (SSSR count). The third-order valence-electron chi connectivity index (χ3n) is 4.93. The summed E-state index contributed by atoms with van der Waals surface area (Å²) < 4.78 is 11.4. The minimum atomic E-state index is -0.826. The first kappa shape index (κ1) is 22.8. The summed E-state index contributed by atoms with van der Waals surface area (Å²) in [6, 6.07) is 6.48. The summed E-state index contributed by atoms with van der Waals surface area (Å²) >= 11 is 0. The fourth-order valence-corrected chi connectivity index (χ4v) is 3.18. The Morgan fingerprint density at radius 2 is 1.72 bits per heavy atom. The van der Waals surface area contributed by atoms with Gasteiger partial charge in [-0.05, 0) is 57.9 Å². The maximum atomic E-state index is 12.6. The molecule has 0 amide bonds. The standard InChI is InChI=1S/C25H26O7/c1-14(2)5-4-6-15(3)9-10-31-17-12-20(28)22-21(13-17)32-25(24(30)23(22)29)16-7-8-18(26)19(27)11-16/h5,7-9,11-13,26-28,30H,4,6,10H2,1-3H3/b15-9+. The van der Waals surface area contributed by atoms with Gasteiger partial charge in [0.15, 0.2) is 17.3 Å². The summed E-state index contributed by atoms with van der Waals surface area (Å²) in [6.45, 7) is 6.40. The first-order valence-corrected chi connectivity index (χ1v) is 10.1. The van der Waals surface area contributed by atoms with Crippen molar-refractivity contribution in [2.45, 2.75) is 33.6 Å². The molecule has 1 heterocycles. The summed E-state index contributed by atoms with van der Waals surface area (Å²) in [5.41, 5.74) is 1.80. The van der Waals surface area contributed by atoms with Gasteiger partial charge in [-0.2, -0.15) is 0 Å². The lowest BCUT2D eigenvalue weighted by molar-refractivity contribution is 0.358. The molecule has 0 saturated heterocycles. The fraction of sp³-hybridized carbons (Fsp3) is 0.240. The van der Waals surface area contributed by atoms with Crippen molar-refractivity contribution in [2.75, 3.05) is 6.61 Å². The summed E-state index contributed by atoms with van der Waals surface area (Å²) in [4.78, 5) is 12.6. The van der Waals surface area contributed by atoms with E-state index in [0.717, 1.165) is 18.9 Å². The third-order valence-corrected chi connectivity index (χ3v) is 4.93. The van der Waals surface area contributed by atoms with E-state index in [-0.39, 0.29) is 46.1 Å². The predicted octanol–water partition coefficient (Wildman–Crippen LogP) is 5.35. The van der Waals surface area contributed by atoms with Crippen LogP contribution in [0.25, 0.3) is 22.3 Å². The molecule has 3 aromatic rings. The quantitative estimate of drug-likeness (QED) is 0.290. The molecule has 0 spiro atoms. The molecule has 32 heavy (non-hydrogen) atoms. The zero-order chi connectivity index (χ0) is 23.4. The summed E-state index contributed by atoms with van der Waals surface area (Å²) in [6.07, 6.45) is 5.97. The first-order chi connectivity index (χ1) is 15.2. The van der Waals surface area contributed by atoms with E-state index in [0.29, 0.717) is 0 Å². The molecule has 0 atom stereocenters. The lowest BCUT2D eigenvalue weighted by atomic mass is 10.1. The van der Waals surface area contributed by atoms with Crippen molar-refractivity contribution >= 4 is 11.0 Å². The highest BCUT2D eigenvalue weighted by Crippen LogP contribution is 2.37. The Hall–Kier alpha value is -3.87. The van der Waals surface area contributed by atoms with Crippen LogP contribution < -0.4 is 10.2 Å². The van der Waals surface area contributed by atoms with Crippen LogP contribution in [-0.4, -0.2) is 27.0 Å². The van der Waals surface area contributed by atoms with E-state index in [2.05, 4.69) is 19.9 Å². The van der Waals surface area contributed by atoms with Crippen LogP contribution in [0.1, 0.15) is 33.6 Å². The van der Waals surface area contributed by atoms with E-state index >= 15 is 0 Å². The Bertz CT molecular complexity index is 1260. The van der Waals surface area contributed by atoms with Crippen LogP contribution in [0.2, 0.25) is 0 Å². The van der Waals surface area contributed by atoms with Gasteiger partial charge in [0.1, 0.15) is 29.1 Å². The zero-order valence-electron chi connectivity index (χ0n) is 18.2. The zero-order valence-corrected chi connectivity index (χ0v) is 18.2. The maximum Gasteiger partial charge on any atom is 0.238 e. The Morgan fingerprint density at radius 1 is 0.969 bits per heavy atom. The molecule has 7 nitrogen and oxygen atoms in total. The molecule has 4 N–H and O–H groups in total. The van der Waals surface area contributed by atoms with E-state index in [1.165, 1.54) is 35.4 Å². The fourth-order valence-electron chi connectivity index (χ4n) is 3.18. The Morgan fingerprint density at radius 3 is 2.41 bits per heavy atom. The minimum Gasteiger partial charge on any atom is -0.507 e. The van der Waals surface area contributed by atoms with Crippen LogP contribution in [0, 0.1) is 0 Å². The number of rotatable bonds is 7. The molecular formula is C25H26O7. The third kappa shape index (κ3) is 5.06. The molecule has 0 aliphatic heterocycles. The van der Waals surface area contributed by atoms with Gasteiger partial charge >= 0.3 is 0 Å². The molecule has 168 valence electrons. The predicted molar refractivity (Wildman–Crippen MR) is 122 cm³/mol. The summed E-state index contributed by atoms with van der Waals surface area (Å²) in [7, 11) is 0. The Balaban J connectivity index is 1.91. The Labute approximate surface area is 185 Å². The van der Waals surface area contributed by atoms with E-state index in [4.69, 9.17) is 9.15 Å². The van der Waals surface area contributed by atoms with Crippen LogP contribution in [-0.2, 0) is 0 Å². The van der Waals surface area contributed by atoms with Crippen LogP contribution >= 0.6 is 0 Å². The lowest BCUT2D eigenvalue weighted by Gasteiger charge is -2.10. The molecule has 2 aromatic carbocycles. The number of hydrogen-bond donors (Lipinski definition) is 4. The molecule has 0 fully saturated rings. The number of hydrogen-bond acceptors (Lipinski definition) is 7. The molecule has 0 radical (unpaired) electrons. The van der Waals surface area contributed by atoms with Crippen molar-refractivity contribution in [3.8, 4) is 40.1 Å². The highest BCUT2D eigenvalue weighted by atomic mass is 16.5. The highest BCUT2D eigenvalue weighted by Gasteiger charge is 2.19. The van der Waals surface area contributed by atoms with Gasteiger partial charge in [0.2, 0.25) is 11.2 Å². The van der Waals surface area contributed by atoms with Gasteiger partial charge in [0.05, 0.1) is 0 Å². The molecule has 0 bridgehead atoms. The largest absolute Gasteiger partial charge is 0.507 e. The van der Waals surface area contributed by atoms with Gasteiger partial charge in [-0.3, -0.25) is 4.79 Å². The molecule has 0 saturated carbocycles. The molecule has 1 aromatic heterocycles. The number of fused-ring (bicyclic) bond motifs is 1. The molecule has 0 unspecified atom stereocenters. The van der Waals surface area contributed by atoms with Crippen molar-refractivity contribution < 1.29 is 29.6 Å². The van der Waals surface area contributed by atoms with Crippen LogP contribution in [0.5, 0.6) is 28.7 Å². The van der Waals surface area contributed by atoms with E-state index < -0.39 is 16.9 Å². The van der Waals surface area contributed by atoms with E-state index in [1.807, 2.05) is 13.0 Å². The van der Waals surface area contributed by atoms with Crippen molar-refractivity contribution in [1.82, 2.24) is 0 Å². The van der Waals surface area contributed by atoms with E-state index in [9.17, 15) is 25.2 Å². The van der Waals surface area contributed by atoms with Crippen LogP contribution in [0.15, 0.2) is 62.8 Å². The van der Waals surface area contributed by atoms with Gasteiger partial charge in [-0.15, -0.1) is 0 Å². The number of ether oxygens (including phenoxy) is 1. The molecule has 7 heteroatoms. The second-order valence-electron chi connectivity index (χ2n) is 7.81. The highest BCUT2D eigenvalue weighted by molar-refractivity contribution is 5.88. The second-order valence-corrected chi connectivity index (χ2v) is 7.81. The second kappa shape index (κ2) is 9.51. The lowest BCUT2D eigenvalue weighted by Crippen LogP contribution is -2.04. The van der Waals surface area contributed by atoms with Gasteiger partial charge in [0.25, 0.3) is 0 Å². The number of aromatic hydroxyl groups is 4. The van der Waals surface area contributed by atoms with Crippen molar-refractivity contribution in [3.63, 3.8) is 0 Å². The molecular weight excluding hydrogens is 412 g/mol. The number of allylic oxidation sites excluding steroid dienone is 3. The van der Waals surface area contributed by atoms with Gasteiger partial charge in [0, 0.05) is 17.7 Å². The van der Waals surface area contributed by atoms with Crippen LogP contribution in [0.4, 0.5) is 0 Å². The number of benzene rings is 2. The Kier molecular flexibility index (Phi) is 6.78. The SMILES string of the molecule is CC(C)=CCC/C(C)=C/COc1cc(O)c2c(=O)c(O)c(-c3ccc(O)c(O)c3)oc2c1. The van der Waals surface area contributed by atoms with Crippen molar-refractivity contribution in [3.05, 3.63) is 63.9 Å². The molecule has 0 aliphatic carbocycles. The average molecular weight is 438 g/mol. The number of phenolic OH excluding ortho intramolecular Hbond substituents is 3. The van der Waals surface area contributed by atoms with Gasteiger partial charge in [-0.25, -0.2) is 0 Å². The topological polar surface area (TPSA) is 120 Å². The number of phenols is 3. The van der Waals surface area contributed by atoms with E-state index in [1.54, 1.807) is 0 Å². The summed E-state index contributed by atoms with van der Waals surface area (Å²) in [5, 5.41) is 39.7. The van der Waals surface area contributed by atoms with Crippen molar-refractivity contribution in [2.24, 2.45) is 0 Å². The van der Waals surface area contributed by atoms with Gasteiger partial charge in [-0.1, -0.05) is 17.2 Å². The van der Waals surface area contributed by atoms with Crippen LogP contribution in [0.3, 0.4) is 0 Å². The minimum absolute atomic E-state index is 0.00891. The first-order valence-electron chi connectivity index (χ1n) is 10.1. The van der Waals surface area contributed by atoms with Gasteiger partial charge < -0.3 is 29.6 Å². The van der Waals surface area contributed by atoms with Crippen molar-refractivity contribution in [1.29, 1.82) is 0 Å². The normalized spacial score (nSPS) is 11.5. The average Bonchev–Trinajstić information content (AvgIpc) is 2.72. The summed E-state index contributed by atoms with van der Waals surface area (Å²) in [5.74, 6) is -1.81. The monoisotopic (exact) mass is 438 g/mol. The smallest absolute Gasteiger partial charge is 0.238 e. The molecule has 0 aliphatic rings.